The van der Waals surface area contributed by atoms with Crippen molar-refractivity contribution in [3.05, 3.63) is 88.1 Å². The third-order valence-corrected chi connectivity index (χ3v) is 9.37. The minimum absolute atomic E-state index is 0.00464. The number of aryl methyl sites for hydroxylation is 2. The summed E-state index contributed by atoms with van der Waals surface area (Å²) in [6.07, 6.45) is 1.43. The number of H-pyrrole nitrogens is 1. The number of benzene rings is 3. The number of likely N-dealkylation sites (tertiary alicyclic amines) is 1. The number of nitrogens with zero attached hydrogens (tertiary/aromatic N) is 1. The van der Waals surface area contributed by atoms with Crippen LogP contribution in [0.25, 0.3) is 10.9 Å². The first kappa shape index (κ1) is 28.4. The Balaban J connectivity index is 1.35. The molecule has 0 bridgehead atoms. The van der Waals surface area contributed by atoms with Gasteiger partial charge in [0.1, 0.15) is 10.6 Å². The highest BCUT2D eigenvalue weighted by Crippen LogP contribution is 2.34. The molecule has 2 heterocycles. The van der Waals surface area contributed by atoms with Gasteiger partial charge in [-0.2, -0.15) is 0 Å². The Morgan fingerprint density at radius 2 is 1.68 bits per heavy atom. The average molecular weight is 580 g/mol. The minimum Gasteiger partial charge on any atom is -0.423 e. The van der Waals surface area contributed by atoms with E-state index in [1.807, 2.05) is 32.0 Å². The van der Waals surface area contributed by atoms with Crippen molar-refractivity contribution in [1.29, 1.82) is 0 Å². The van der Waals surface area contributed by atoms with E-state index >= 15 is 0 Å². The van der Waals surface area contributed by atoms with Crippen molar-refractivity contribution >= 4 is 50.8 Å². The molecule has 1 fully saturated rings. The van der Waals surface area contributed by atoms with Gasteiger partial charge in [-0.15, -0.1) is 0 Å². The van der Waals surface area contributed by atoms with Gasteiger partial charge in [0.05, 0.1) is 4.90 Å². The van der Waals surface area contributed by atoms with Gasteiger partial charge in [-0.3, -0.25) is 9.69 Å². The Morgan fingerprint density at radius 3 is 2.30 bits per heavy atom. The Bertz CT molecular complexity index is 1640. The van der Waals surface area contributed by atoms with E-state index in [1.54, 1.807) is 42.5 Å². The van der Waals surface area contributed by atoms with Crippen LogP contribution in [0.1, 0.15) is 40.0 Å². The quantitative estimate of drug-likeness (QED) is 0.249. The fraction of sp³-hybridized carbons (Fsp3) is 0.276. The first-order valence-corrected chi connectivity index (χ1v) is 15.0. The molecule has 4 N–H and O–H groups in total. The van der Waals surface area contributed by atoms with Crippen molar-refractivity contribution in [2.24, 2.45) is 0 Å². The first-order valence-electron chi connectivity index (χ1n) is 13.1. The van der Waals surface area contributed by atoms with Crippen LogP contribution < -0.4 is 10.8 Å². The molecule has 0 atom stereocenters. The van der Waals surface area contributed by atoms with Crippen molar-refractivity contribution in [2.75, 3.05) is 13.1 Å². The van der Waals surface area contributed by atoms with Gasteiger partial charge in [0.2, 0.25) is 9.84 Å². The van der Waals surface area contributed by atoms with E-state index in [1.165, 1.54) is 0 Å². The molecule has 11 heteroatoms. The predicted octanol–water partition coefficient (Wildman–Crippen LogP) is 3.35. The van der Waals surface area contributed by atoms with E-state index in [0.29, 0.717) is 40.8 Å². The lowest BCUT2D eigenvalue weighted by Gasteiger charge is -2.32. The van der Waals surface area contributed by atoms with E-state index < -0.39 is 22.9 Å². The molecule has 1 aliphatic heterocycles. The standard InChI is InChI=1S/C29H31BClN3O5S/c1-18-13-19(2)15-24(14-18)40(38,39)28-25-16-22(31)7-8-26(25)33-27(28)29(35)32-23-9-11-34(12-10-23)17-20-3-5-21(6-4-20)30(36)37/h3-8,13-16,23,33,36-37H,9-12,17H2,1-2H3,(H,32,35). The molecule has 0 unspecified atom stereocenters. The lowest BCUT2D eigenvalue weighted by molar-refractivity contribution is 0.0901. The molecule has 3 aromatic carbocycles. The van der Waals surface area contributed by atoms with Crippen molar-refractivity contribution in [2.45, 2.75) is 49.1 Å². The smallest absolute Gasteiger partial charge is 0.423 e. The zero-order valence-electron chi connectivity index (χ0n) is 22.3. The van der Waals surface area contributed by atoms with Gasteiger partial charge in [-0.05, 0) is 79.2 Å². The second-order valence-electron chi connectivity index (χ2n) is 10.5. The van der Waals surface area contributed by atoms with Gasteiger partial charge in [-0.25, -0.2) is 8.42 Å². The summed E-state index contributed by atoms with van der Waals surface area (Å²) in [4.78, 5) is 18.9. The molecule has 40 heavy (non-hydrogen) atoms. The number of aromatic amines is 1. The van der Waals surface area contributed by atoms with Crippen LogP contribution in [-0.2, 0) is 16.4 Å². The molecular weight excluding hydrogens is 549 g/mol. The van der Waals surface area contributed by atoms with Gasteiger partial charge >= 0.3 is 7.12 Å². The van der Waals surface area contributed by atoms with E-state index in [2.05, 4.69) is 15.2 Å². The highest BCUT2D eigenvalue weighted by molar-refractivity contribution is 7.91. The lowest BCUT2D eigenvalue weighted by atomic mass is 9.80. The summed E-state index contributed by atoms with van der Waals surface area (Å²) in [6, 6.07) is 17.1. The zero-order valence-corrected chi connectivity index (χ0v) is 23.9. The topological polar surface area (TPSA) is 123 Å². The number of amides is 1. The maximum absolute atomic E-state index is 13.9. The summed E-state index contributed by atoms with van der Waals surface area (Å²) < 4.78 is 27.9. The summed E-state index contributed by atoms with van der Waals surface area (Å²) >= 11 is 6.24. The molecule has 4 aromatic rings. The van der Waals surface area contributed by atoms with Crippen LogP contribution in [-0.4, -0.2) is 60.5 Å². The van der Waals surface area contributed by atoms with Crippen molar-refractivity contribution in [1.82, 2.24) is 15.2 Å². The van der Waals surface area contributed by atoms with Crippen LogP contribution >= 0.6 is 11.6 Å². The molecular formula is C29H31BClN3O5S. The van der Waals surface area contributed by atoms with Crippen LogP contribution in [0.5, 0.6) is 0 Å². The zero-order chi connectivity index (χ0) is 28.6. The lowest BCUT2D eigenvalue weighted by Crippen LogP contribution is -2.44. The van der Waals surface area contributed by atoms with Crippen molar-refractivity contribution in [3.8, 4) is 0 Å². The van der Waals surface area contributed by atoms with E-state index in [0.717, 1.165) is 29.8 Å². The van der Waals surface area contributed by atoms with Crippen molar-refractivity contribution in [3.63, 3.8) is 0 Å². The number of carbonyl (C=O) groups excluding carboxylic acids is 1. The summed E-state index contributed by atoms with van der Waals surface area (Å²) in [5, 5.41) is 22.4. The fourth-order valence-electron chi connectivity index (χ4n) is 5.33. The average Bonchev–Trinajstić information content (AvgIpc) is 3.29. The van der Waals surface area contributed by atoms with E-state index in [9.17, 15) is 23.3 Å². The maximum Gasteiger partial charge on any atom is 0.488 e. The SMILES string of the molecule is Cc1cc(C)cc(S(=O)(=O)c2c(C(=O)NC3CCN(Cc4ccc(B(O)O)cc4)CC3)[nH]c3ccc(Cl)cc23)c1. The Morgan fingerprint density at radius 1 is 1.02 bits per heavy atom. The van der Waals surface area contributed by atoms with Crippen LogP contribution in [0.15, 0.2) is 70.5 Å². The Hall–Kier alpha value is -3.15. The second-order valence-corrected chi connectivity index (χ2v) is 12.8. The highest BCUT2D eigenvalue weighted by atomic mass is 35.5. The number of rotatable bonds is 7. The molecule has 208 valence electrons. The van der Waals surface area contributed by atoms with Gasteiger partial charge in [-0.1, -0.05) is 41.9 Å². The second kappa shape index (κ2) is 11.4. The third-order valence-electron chi connectivity index (χ3n) is 7.32. The van der Waals surface area contributed by atoms with Gasteiger partial charge in [0.15, 0.2) is 0 Å². The van der Waals surface area contributed by atoms with E-state index in [-0.39, 0.29) is 21.5 Å². The van der Waals surface area contributed by atoms with Crippen LogP contribution in [0.2, 0.25) is 5.02 Å². The number of aromatic nitrogens is 1. The highest BCUT2D eigenvalue weighted by Gasteiger charge is 2.31. The number of halogens is 1. The minimum atomic E-state index is -4.04. The molecule has 1 aromatic heterocycles. The molecule has 8 nitrogen and oxygen atoms in total. The molecule has 1 saturated heterocycles. The maximum atomic E-state index is 13.9. The summed E-state index contributed by atoms with van der Waals surface area (Å²) in [7, 11) is -5.53. The number of sulfone groups is 1. The van der Waals surface area contributed by atoms with Crippen LogP contribution in [0, 0.1) is 13.8 Å². The van der Waals surface area contributed by atoms with Gasteiger partial charge in [0.25, 0.3) is 5.91 Å². The van der Waals surface area contributed by atoms with Crippen molar-refractivity contribution < 1.29 is 23.3 Å². The molecule has 5 rings (SSSR count). The molecule has 0 saturated carbocycles. The Labute approximate surface area is 239 Å². The fourth-order valence-corrected chi connectivity index (χ4v) is 7.29. The summed E-state index contributed by atoms with van der Waals surface area (Å²) in [5.74, 6) is -0.466. The number of hydrogen-bond acceptors (Lipinski definition) is 6. The van der Waals surface area contributed by atoms with Crippen LogP contribution in [0.3, 0.4) is 0 Å². The molecule has 1 amide bonds. The van der Waals surface area contributed by atoms with Gasteiger partial charge < -0.3 is 20.3 Å². The summed E-state index contributed by atoms with van der Waals surface area (Å²) in [6.45, 7) is 5.90. The third kappa shape index (κ3) is 5.96. The number of hydrogen-bond donors (Lipinski definition) is 4. The van der Waals surface area contributed by atoms with Crippen LogP contribution in [0.4, 0.5) is 0 Å². The monoisotopic (exact) mass is 579 g/mol. The molecule has 0 aliphatic carbocycles. The Kier molecular flexibility index (Phi) is 8.08. The number of nitrogens with one attached hydrogen (secondary N) is 2. The number of carbonyl (C=O) groups is 1. The predicted molar refractivity (Wildman–Crippen MR) is 157 cm³/mol. The normalized spacial score (nSPS) is 14.9. The molecule has 0 spiro atoms. The molecule has 1 aliphatic rings. The largest absolute Gasteiger partial charge is 0.488 e. The summed E-state index contributed by atoms with van der Waals surface area (Å²) in [5.41, 5.74) is 3.66. The molecule has 0 radical (unpaired) electrons. The van der Waals surface area contributed by atoms with E-state index in [4.69, 9.17) is 11.6 Å². The number of fused-ring (bicyclic) bond motifs is 1. The first-order chi connectivity index (χ1) is 19.0. The van der Waals surface area contributed by atoms with Gasteiger partial charge in [0, 0.05) is 41.6 Å². The number of piperidine rings is 1.